The number of hydrogen-bond acceptors (Lipinski definition) is 4. The largest absolute Gasteiger partial charge is 0.475 e. The van der Waals surface area contributed by atoms with Crippen LogP contribution in [0.2, 0.25) is 0 Å². The van der Waals surface area contributed by atoms with Gasteiger partial charge >= 0.3 is 0 Å². The Labute approximate surface area is 77.7 Å². The molecule has 4 nitrogen and oxygen atoms in total. The molecule has 0 fully saturated rings. The number of hydrogen-bond donors (Lipinski definition) is 1. The van der Waals surface area contributed by atoms with Gasteiger partial charge in [0, 0.05) is 24.6 Å². The Hall–Kier alpha value is -1.29. The van der Waals surface area contributed by atoms with Crippen molar-refractivity contribution in [3.05, 3.63) is 17.8 Å². The van der Waals surface area contributed by atoms with E-state index in [1.165, 1.54) is 0 Å². The SMILES string of the molecule is COCCOc1cc(N)cc(C)n1. The molecule has 1 aromatic heterocycles. The molecular formula is C9H14N2O2. The Kier molecular flexibility index (Phi) is 3.52. The van der Waals surface area contributed by atoms with E-state index in [9.17, 15) is 0 Å². The number of nitrogens with two attached hydrogens (primary N) is 1. The molecule has 1 rings (SSSR count). The van der Waals surface area contributed by atoms with Crippen LogP contribution in [0.5, 0.6) is 5.88 Å². The molecule has 13 heavy (non-hydrogen) atoms. The average molecular weight is 182 g/mol. The van der Waals surface area contributed by atoms with E-state index in [4.69, 9.17) is 15.2 Å². The molecule has 0 radical (unpaired) electrons. The van der Waals surface area contributed by atoms with Crippen molar-refractivity contribution >= 4 is 5.69 Å². The maximum absolute atomic E-state index is 5.61. The molecule has 4 heteroatoms. The molecular weight excluding hydrogens is 168 g/mol. The third-order valence-electron chi connectivity index (χ3n) is 1.49. The highest BCUT2D eigenvalue weighted by atomic mass is 16.5. The molecule has 0 unspecified atom stereocenters. The summed E-state index contributed by atoms with van der Waals surface area (Å²) >= 11 is 0. The number of aromatic nitrogens is 1. The summed E-state index contributed by atoms with van der Waals surface area (Å²) in [6, 6.07) is 3.49. The van der Waals surface area contributed by atoms with Gasteiger partial charge in [-0.3, -0.25) is 0 Å². The zero-order chi connectivity index (χ0) is 9.68. The fourth-order valence-corrected chi connectivity index (χ4v) is 0.967. The van der Waals surface area contributed by atoms with Gasteiger partial charge in [0.15, 0.2) is 0 Å². The summed E-state index contributed by atoms with van der Waals surface area (Å²) in [7, 11) is 1.63. The van der Waals surface area contributed by atoms with E-state index in [-0.39, 0.29) is 0 Å². The minimum Gasteiger partial charge on any atom is -0.475 e. The molecule has 0 saturated heterocycles. The van der Waals surface area contributed by atoms with Gasteiger partial charge in [0.2, 0.25) is 5.88 Å². The van der Waals surface area contributed by atoms with E-state index in [1.807, 2.05) is 6.92 Å². The topological polar surface area (TPSA) is 57.4 Å². The number of pyridine rings is 1. The lowest BCUT2D eigenvalue weighted by molar-refractivity contribution is 0.143. The van der Waals surface area contributed by atoms with Gasteiger partial charge in [-0.25, -0.2) is 4.98 Å². The summed E-state index contributed by atoms with van der Waals surface area (Å²) in [5.74, 6) is 0.551. The summed E-state index contributed by atoms with van der Waals surface area (Å²) in [6.45, 7) is 2.92. The smallest absolute Gasteiger partial charge is 0.215 e. The van der Waals surface area contributed by atoms with Gasteiger partial charge in [0.25, 0.3) is 0 Å². The summed E-state index contributed by atoms with van der Waals surface area (Å²) in [5.41, 5.74) is 7.13. The minimum atomic E-state index is 0.492. The molecule has 0 saturated carbocycles. The van der Waals surface area contributed by atoms with Crippen molar-refractivity contribution in [3.63, 3.8) is 0 Å². The molecule has 0 spiro atoms. The number of methoxy groups -OCH3 is 1. The Bertz CT molecular complexity index is 256. The van der Waals surface area contributed by atoms with Crippen LogP contribution >= 0.6 is 0 Å². The number of anilines is 1. The lowest BCUT2D eigenvalue weighted by Crippen LogP contribution is -2.06. The van der Waals surface area contributed by atoms with Crippen molar-refractivity contribution in [2.24, 2.45) is 0 Å². The first-order chi connectivity index (χ1) is 6.22. The van der Waals surface area contributed by atoms with Crippen LogP contribution in [-0.2, 0) is 4.74 Å². The quantitative estimate of drug-likeness (QED) is 0.706. The van der Waals surface area contributed by atoms with Gasteiger partial charge in [-0.15, -0.1) is 0 Å². The highest BCUT2D eigenvalue weighted by Gasteiger charge is 1.97. The van der Waals surface area contributed by atoms with Gasteiger partial charge in [-0.05, 0) is 13.0 Å². The molecule has 2 N–H and O–H groups in total. The van der Waals surface area contributed by atoms with Crippen molar-refractivity contribution in [3.8, 4) is 5.88 Å². The molecule has 72 valence electrons. The molecule has 0 aliphatic rings. The van der Waals surface area contributed by atoms with Crippen LogP contribution in [0.3, 0.4) is 0 Å². The van der Waals surface area contributed by atoms with Crippen LogP contribution < -0.4 is 10.5 Å². The van der Waals surface area contributed by atoms with Crippen LogP contribution in [0.25, 0.3) is 0 Å². The molecule has 0 aliphatic heterocycles. The minimum absolute atomic E-state index is 0.492. The molecule has 0 aromatic carbocycles. The second-order valence-corrected chi connectivity index (χ2v) is 2.72. The van der Waals surface area contributed by atoms with E-state index in [1.54, 1.807) is 19.2 Å². The molecule has 0 atom stereocenters. The highest BCUT2D eigenvalue weighted by molar-refractivity contribution is 5.42. The molecule has 1 aromatic rings. The first-order valence-corrected chi connectivity index (χ1v) is 4.08. The predicted molar refractivity (Wildman–Crippen MR) is 50.8 cm³/mol. The first-order valence-electron chi connectivity index (χ1n) is 4.08. The molecule has 1 heterocycles. The Morgan fingerprint density at radius 3 is 2.77 bits per heavy atom. The van der Waals surface area contributed by atoms with E-state index < -0.39 is 0 Å². The summed E-state index contributed by atoms with van der Waals surface area (Å²) in [6.07, 6.45) is 0. The highest BCUT2D eigenvalue weighted by Crippen LogP contribution is 2.13. The van der Waals surface area contributed by atoms with Crippen LogP contribution in [0, 0.1) is 6.92 Å². The van der Waals surface area contributed by atoms with E-state index in [2.05, 4.69) is 4.98 Å². The number of aryl methyl sites for hydroxylation is 1. The van der Waals surface area contributed by atoms with E-state index >= 15 is 0 Å². The predicted octanol–water partition coefficient (Wildman–Crippen LogP) is 0.997. The van der Waals surface area contributed by atoms with Crippen LogP contribution in [0.4, 0.5) is 5.69 Å². The van der Waals surface area contributed by atoms with Crippen LogP contribution in [-0.4, -0.2) is 25.3 Å². The molecule has 0 bridgehead atoms. The second kappa shape index (κ2) is 4.67. The van der Waals surface area contributed by atoms with Gasteiger partial charge in [-0.1, -0.05) is 0 Å². The zero-order valence-corrected chi connectivity index (χ0v) is 7.91. The Balaban J connectivity index is 2.56. The first kappa shape index (κ1) is 9.80. The maximum atomic E-state index is 5.61. The standard InChI is InChI=1S/C9H14N2O2/c1-7-5-8(10)6-9(11-7)13-4-3-12-2/h5-6H,3-4H2,1-2H3,(H2,10,11). The monoisotopic (exact) mass is 182 g/mol. The number of nitrogens with zero attached hydrogens (tertiary/aromatic N) is 1. The molecule has 0 aliphatic carbocycles. The molecule has 0 amide bonds. The van der Waals surface area contributed by atoms with Crippen LogP contribution in [0.15, 0.2) is 12.1 Å². The van der Waals surface area contributed by atoms with Crippen molar-refractivity contribution in [2.75, 3.05) is 26.1 Å². The van der Waals surface area contributed by atoms with E-state index in [0.717, 1.165) is 5.69 Å². The number of ether oxygens (including phenoxy) is 2. The summed E-state index contributed by atoms with van der Waals surface area (Å²) < 4.78 is 10.1. The second-order valence-electron chi connectivity index (χ2n) is 2.72. The van der Waals surface area contributed by atoms with Crippen LogP contribution in [0.1, 0.15) is 5.69 Å². The number of rotatable bonds is 4. The fourth-order valence-electron chi connectivity index (χ4n) is 0.967. The maximum Gasteiger partial charge on any atom is 0.215 e. The summed E-state index contributed by atoms with van der Waals surface area (Å²) in [5, 5.41) is 0. The normalized spacial score (nSPS) is 10.0. The average Bonchev–Trinajstić information content (AvgIpc) is 2.03. The summed E-state index contributed by atoms with van der Waals surface area (Å²) in [4.78, 5) is 4.15. The van der Waals surface area contributed by atoms with Crippen molar-refractivity contribution < 1.29 is 9.47 Å². The van der Waals surface area contributed by atoms with Gasteiger partial charge in [0.1, 0.15) is 6.61 Å². The lowest BCUT2D eigenvalue weighted by atomic mass is 10.3. The van der Waals surface area contributed by atoms with Gasteiger partial charge < -0.3 is 15.2 Å². The fraction of sp³-hybridized carbons (Fsp3) is 0.444. The Morgan fingerprint density at radius 2 is 2.15 bits per heavy atom. The van der Waals surface area contributed by atoms with Gasteiger partial charge in [0.05, 0.1) is 6.61 Å². The van der Waals surface area contributed by atoms with E-state index in [0.29, 0.717) is 24.8 Å². The van der Waals surface area contributed by atoms with Crippen molar-refractivity contribution in [1.82, 2.24) is 4.98 Å². The zero-order valence-electron chi connectivity index (χ0n) is 7.91. The third-order valence-corrected chi connectivity index (χ3v) is 1.49. The van der Waals surface area contributed by atoms with Crippen molar-refractivity contribution in [1.29, 1.82) is 0 Å². The number of nitrogen functional groups attached to an aromatic ring is 1. The van der Waals surface area contributed by atoms with Crippen molar-refractivity contribution in [2.45, 2.75) is 6.92 Å². The third kappa shape index (κ3) is 3.29. The lowest BCUT2D eigenvalue weighted by Gasteiger charge is -2.05. The van der Waals surface area contributed by atoms with Gasteiger partial charge in [-0.2, -0.15) is 0 Å². The Morgan fingerprint density at radius 1 is 1.38 bits per heavy atom.